The average Bonchev–Trinajstić information content (AvgIpc) is 3.33. The van der Waals surface area contributed by atoms with E-state index in [1.165, 1.54) is 4.68 Å². The number of carbonyl (C=O) groups excluding carboxylic acids is 1. The van der Waals surface area contributed by atoms with Crippen LogP contribution in [0.15, 0.2) is 94.2 Å². The summed E-state index contributed by atoms with van der Waals surface area (Å²) in [5.41, 5.74) is 1.68. The van der Waals surface area contributed by atoms with Crippen LogP contribution in [0, 0.1) is 0 Å². The minimum Gasteiger partial charge on any atom is -0.453 e. The van der Waals surface area contributed by atoms with Gasteiger partial charge in [-0.05, 0) is 30.3 Å². The van der Waals surface area contributed by atoms with E-state index in [0.717, 1.165) is 5.56 Å². The standard InChI is InChI=1S/C25H16ClN3O4/c26-17-12-10-16(11-13-17)22-14-19(33-28-22)15-32-25(31)23-20-8-4-5-9-21(20)24(30)29(27-23)18-6-2-1-3-7-18/h1-14H,15H2. The van der Waals surface area contributed by atoms with Crippen molar-refractivity contribution in [2.24, 2.45) is 0 Å². The van der Waals surface area contributed by atoms with Crippen molar-refractivity contribution < 1.29 is 14.1 Å². The minimum atomic E-state index is -0.680. The van der Waals surface area contributed by atoms with Crippen LogP contribution in [0.2, 0.25) is 5.02 Å². The first-order chi connectivity index (χ1) is 16.1. The Balaban J connectivity index is 1.44. The lowest BCUT2D eigenvalue weighted by Gasteiger charge is -2.10. The van der Waals surface area contributed by atoms with E-state index in [2.05, 4.69) is 10.3 Å². The second-order valence-corrected chi connectivity index (χ2v) is 7.64. The van der Waals surface area contributed by atoms with Gasteiger partial charge in [-0.2, -0.15) is 9.78 Å². The zero-order valence-corrected chi connectivity index (χ0v) is 17.9. The first-order valence-corrected chi connectivity index (χ1v) is 10.4. The van der Waals surface area contributed by atoms with Crippen molar-refractivity contribution in [1.29, 1.82) is 0 Å². The number of para-hydroxylation sites is 1. The fraction of sp³-hybridized carbons (Fsp3) is 0.0400. The SMILES string of the molecule is O=C(OCc1cc(-c2ccc(Cl)cc2)no1)c1nn(-c2ccccc2)c(=O)c2ccccc12. The Bertz CT molecular complexity index is 1510. The Morgan fingerprint density at radius 1 is 0.939 bits per heavy atom. The molecule has 0 saturated carbocycles. The molecule has 0 aliphatic heterocycles. The Morgan fingerprint density at radius 2 is 1.64 bits per heavy atom. The van der Waals surface area contributed by atoms with Crippen LogP contribution in [0.4, 0.5) is 0 Å². The molecule has 0 N–H and O–H groups in total. The molecule has 5 aromatic rings. The van der Waals surface area contributed by atoms with Crippen molar-refractivity contribution in [3.05, 3.63) is 112 Å². The largest absolute Gasteiger partial charge is 0.453 e. The molecule has 0 amide bonds. The number of aromatic nitrogens is 3. The number of hydrogen-bond acceptors (Lipinski definition) is 6. The number of hydrogen-bond donors (Lipinski definition) is 0. The maximum atomic E-state index is 13.0. The number of carbonyl (C=O) groups is 1. The second-order valence-electron chi connectivity index (χ2n) is 7.21. The number of rotatable bonds is 5. The molecular formula is C25H16ClN3O4. The third-order valence-corrected chi connectivity index (χ3v) is 5.30. The van der Waals surface area contributed by atoms with Crippen molar-refractivity contribution >= 4 is 28.3 Å². The van der Waals surface area contributed by atoms with Gasteiger partial charge in [0, 0.05) is 22.0 Å². The molecule has 0 aliphatic carbocycles. The highest BCUT2D eigenvalue weighted by molar-refractivity contribution is 6.30. The van der Waals surface area contributed by atoms with Gasteiger partial charge in [0.05, 0.1) is 11.1 Å². The summed E-state index contributed by atoms with van der Waals surface area (Å²) >= 11 is 5.92. The molecule has 0 fully saturated rings. The number of esters is 1. The van der Waals surface area contributed by atoms with Gasteiger partial charge in [-0.15, -0.1) is 0 Å². The van der Waals surface area contributed by atoms with E-state index >= 15 is 0 Å². The van der Waals surface area contributed by atoms with E-state index in [1.54, 1.807) is 66.7 Å². The van der Waals surface area contributed by atoms with E-state index in [0.29, 0.717) is 32.9 Å². The van der Waals surface area contributed by atoms with Crippen LogP contribution in [-0.2, 0) is 11.3 Å². The molecule has 2 heterocycles. The van der Waals surface area contributed by atoms with Gasteiger partial charge in [-0.1, -0.05) is 65.3 Å². The summed E-state index contributed by atoms with van der Waals surface area (Å²) in [6.07, 6.45) is 0. The third-order valence-electron chi connectivity index (χ3n) is 5.04. The van der Waals surface area contributed by atoms with Gasteiger partial charge in [-0.3, -0.25) is 4.79 Å². The Kier molecular flexibility index (Phi) is 5.46. The van der Waals surface area contributed by atoms with E-state index in [9.17, 15) is 9.59 Å². The average molecular weight is 458 g/mol. The topological polar surface area (TPSA) is 87.2 Å². The highest BCUT2D eigenvalue weighted by Gasteiger charge is 2.19. The lowest BCUT2D eigenvalue weighted by atomic mass is 10.1. The van der Waals surface area contributed by atoms with E-state index < -0.39 is 5.97 Å². The van der Waals surface area contributed by atoms with Crippen molar-refractivity contribution in [3.8, 4) is 16.9 Å². The molecule has 3 aromatic carbocycles. The van der Waals surface area contributed by atoms with Crippen LogP contribution >= 0.6 is 11.6 Å². The van der Waals surface area contributed by atoms with Crippen molar-refractivity contribution in [2.45, 2.75) is 6.61 Å². The Hall–Kier alpha value is -4.23. The fourth-order valence-electron chi connectivity index (χ4n) is 3.43. The molecular weight excluding hydrogens is 442 g/mol. The summed E-state index contributed by atoms with van der Waals surface area (Å²) in [6, 6.07) is 24.5. The Morgan fingerprint density at radius 3 is 2.39 bits per heavy atom. The zero-order chi connectivity index (χ0) is 22.8. The normalized spacial score (nSPS) is 10.9. The zero-order valence-electron chi connectivity index (χ0n) is 17.1. The fourth-order valence-corrected chi connectivity index (χ4v) is 3.55. The molecule has 0 radical (unpaired) electrons. The van der Waals surface area contributed by atoms with Crippen LogP contribution in [0.1, 0.15) is 16.2 Å². The van der Waals surface area contributed by atoms with Crippen LogP contribution in [0.5, 0.6) is 0 Å². The predicted octanol–water partition coefficient (Wildman–Crippen LogP) is 5.05. The molecule has 0 atom stereocenters. The highest BCUT2D eigenvalue weighted by atomic mass is 35.5. The van der Waals surface area contributed by atoms with Crippen LogP contribution in [0.25, 0.3) is 27.7 Å². The molecule has 0 bridgehead atoms. The number of nitrogens with zero attached hydrogens (tertiary/aromatic N) is 3. The summed E-state index contributed by atoms with van der Waals surface area (Å²) in [7, 11) is 0. The van der Waals surface area contributed by atoms with Crippen molar-refractivity contribution in [2.75, 3.05) is 0 Å². The smallest absolute Gasteiger partial charge is 0.359 e. The summed E-state index contributed by atoms with van der Waals surface area (Å²) < 4.78 is 11.9. The first kappa shape index (κ1) is 20.7. The van der Waals surface area contributed by atoms with E-state index in [1.807, 2.05) is 18.2 Å². The number of halogens is 1. The van der Waals surface area contributed by atoms with Gasteiger partial charge in [0.2, 0.25) is 0 Å². The van der Waals surface area contributed by atoms with Crippen molar-refractivity contribution in [1.82, 2.24) is 14.9 Å². The summed E-state index contributed by atoms with van der Waals surface area (Å²) in [6.45, 7) is -0.139. The monoisotopic (exact) mass is 457 g/mol. The van der Waals surface area contributed by atoms with Gasteiger partial charge >= 0.3 is 5.97 Å². The lowest BCUT2D eigenvalue weighted by Crippen LogP contribution is -2.25. The highest BCUT2D eigenvalue weighted by Crippen LogP contribution is 2.22. The summed E-state index contributed by atoms with van der Waals surface area (Å²) in [5, 5.41) is 9.73. The van der Waals surface area contributed by atoms with Gasteiger partial charge in [0.1, 0.15) is 5.69 Å². The predicted molar refractivity (Wildman–Crippen MR) is 123 cm³/mol. The number of ether oxygens (including phenoxy) is 1. The Labute approximate surface area is 192 Å². The molecule has 5 rings (SSSR count). The number of benzene rings is 3. The molecule has 162 valence electrons. The van der Waals surface area contributed by atoms with Crippen LogP contribution in [-0.4, -0.2) is 20.9 Å². The molecule has 0 saturated heterocycles. The van der Waals surface area contributed by atoms with E-state index in [4.69, 9.17) is 20.9 Å². The van der Waals surface area contributed by atoms with Gasteiger partial charge < -0.3 is 9.26 Å². The molecule has 8 heteroatoms. The molecule has 0 unspecified atom stereocenters. The molecule has 0 aliphatic rings. The van der Waals surface area contributed by atoms with Crippen LogP contribution in [0.3, 0.4) is 0 Å². The molecule has 2 aromatic heterocycles. The molecule has 0 spiro atoms. The van der Waals surface area contributed by atoms with Gasteiger partial charge in [0.15, 0.2) is 18.1 Å². The van der Waals surface area contributed by atoms with Gasteiger partial charge in [0.25, 0.3) is 5.56 Å². The maximum absolute atomic E-state index is 13.0. The molecule has 33 heavy (non-hydrogen) atoms. The van der Waals surface area contributed by atoms with E-state index in [-0.39, 0.29) is 17.9 Å². The lowest BCUT2D eigenvalue weighted by molar-refractivity contribution is 0.0431. The molecule has 7 nitrogen and oxygen atoms in total. The summed E-state index contributed by atoms with van der Waals surface area (Å²) in [5.74, 6) is -0.311. The quantitative estimate of drug-likeness (QED) is 0.343. The minimum absolute atomic E-state index is 0.0338. The first-order valence-electron chi connectivity index (χ1n) is 10.1. The second kappa shape index (κ2) is 8.72. The maximum Gasteiger partial charge on any atom is 0.359 e. The third kappa shape index (κ3) is 4.14. The van der Waals surface area contributed by atoms with Crippen LogP contribution < -0.4 is 5.56 Å². The number of fused-ring (bicyclic) bond motifs is 1. The van der Waals surface area contributed by atoms with Gasteiger partial charge in [-0.25, -0.2) is 4.79 Å². The summed E-state index contributed by atoms with van der Waals surface area (Å²) in [4.78, 5) is 25.9. The van der Waals surface area contributed by atoms with Crippen molar-refractivity contribution in [3.63, 3.8) is 0 Å².